The van der Waals surface area contributed by atoms with Gasteiger partial charge >= 0.3 is 0 Å². The third kappa shape index (κ3) is 2.49. The number of rotatable bonds is 4. The normalized spacial score (nSPS) is 17.9. The zero-order chi connectivity index (χ0) is 12.5. The first kappa shape index (κ1) is 12.1. The van der Waals surface area contributed by atoms with Crippen molar-refractivity contribution in [3.8, 4) is 0 Å². The van der Waals surface area contributed by atoms with Crippen LogP contribution in [0.5, 0.6) is 0 Å². The topological polar surface area (TPSA) is 84.1 Å². The van der Waals surface area contributed by atoms with Crippen molar-refractivity contribution in [3.63, 3.8) is 0 Å². The van der Waals surface area contributed by atoms with E-state index in [1.54, 1.807) is 6.07 Å². The smallest absolute Gasteiger partial charge is 0.135 e. The van der Waals surface area contributed by atoms with Crippen molar-refractivity contribution in [2.24, 2.45) is 0 Å². The number of aromatic nitrogens is 2. The van der Waals surface area contributed by atoms with Gasteiger partial charge < -0.3 is 16.2 Å². The van der Waals surface area contributed by atoms with Crippen LogP contribution >= 0.6 is 0 Å². The van der Waals surface area contributed by atoms with Gasteiger partial charge in [0.1, 0.15) is 17.5 Å². The molecule has 1 aromatic rings. The van der Waals surface area contributed by atoms with Gasteiger partial charge in [0.15, 0.2) is 0 Å². The fraction of sp³-hybridized carbons (Fsp3) is 0.667. The van der Waals surface area contributed by atoms with Crippen LogP contribution in [0, 0.1) is 0 Å². The summed E-state index contributed by atoms with van der Waals surface area (Å²) in [5.74, 6) is 2.17. The van der Waals surface area contributed by atoms with Crippen molar-refractivity contribution in [2.45, 2.75) is 44.6 Å². The SMILES string of the molecule is CC(C)c1nc(N)cc(NC2(CO)CCC2)n1. The Balaban J connectivity index is 2.20. The zero-order valence-electron chi connectivity index (χ0n) is 10.4. The van der Waals surface area contributed by atoms with Crippen molar-refractivity contribution < 1.29 is 5.11 Å². The maximum absolute atomic E-state index is 9.41. The molecule has 0 unspecified atom stereocenters. The number of hydrogen-bond acceptors (Lipinski definition) is 5. The minimum absolute atomic E-state index is 0.133. The summed E-state index contributed by atoms with van der Waals surface area (Å²) in [6.45, 7) is 4.20. The van der Waals surface area contributed by atoms with Crippen LogP contribution in [0.1, 0.15) is 44.9 Å². The zero-order valence-corrected chi connectivity index (χ0v) is 10.4. The molecule has 94 valence electrons. The molecule has 1 heterocycles. The second-order valence-corrected chi connectivity index (χ2v) is 5.11. The average molecular weight is 236 g/mol. The standard InChI is InChI=1S/C12H20N4O/c1-8(2)11-14-9(13)6-10(15-11)16-12(7-17)4-3-5-12/h6,8,17H,3-5,7H2,1-2H3,(H3,13,14,15,16). The first-order valence-electron chi connectivity index (χ1n) is 6.08. The Labute approximate surface area is 101 Å². The summed E-state index contributed by atoms with van der Waals surface area (Å²) in [4.78, 5) is 8.63. The molecule has 0 saturated heterocycles. The molecule has 0 bridgehead atoms. The Morgan fingerprint density at radius 2 is 2.18 bits per heavy atom. The highest BCUT2D eigenvalue weighted by Crippen LogP contribution is 2.34. The molecule has 5 heteroatoms. The molecule has 1 fully saturated rings. The van der Waals surface area contributed by atoms with Gasteiger partial charge in [-0.05, 0) is 19.3 Å². The van der Waals surface area contributed by atoms with Gasteiger partial charge in [0.05, 0.1) is 12.1 Å². The summed E-state index contributed by atoms with van der Waals surface area (Å²) < 4.78 is 0. The molecule has 1 saturated carbocycles. The minimum Gasteiger partial charge on any atom is -0.394 e. The number of anilines is 2. The number of aliphatic hydroxyl groups is 1. The van der Waals surface area contributed by atoms with E-state index in [4.69, 9.17) is 5.73 Å². The lowest BCUT2D eigenvalue weighted by molar-refractivity contribution is 0.144. The van der Waals surface area contributed by atoms with Crippen LogP contribution in [0.2, 0.25) is 0 Å². The lowest BCUT2D eigenvalue weighted by Gasteiger charge is -2.41. The van der Waals surface area contributed by atoms with Gasteiger partial charge in [0, 0.05) is 12.0 Å². The summed E-state index contributed by atoms with van der Waals surface area (Å²) in [7, 11) is 0. The largest absolute Gasteiger partial charge is 0.394 e. The summed E-state index contributed by atoms with van der Waals surface area (Å²) in [5, 5.41) is 12.7. The quantitative estimate of drug-likeness (QED) is 0.738. The third-order valence-electron chi connectivity index (χ3n) is 3.29. The first-order valence-corrected chi connectivity index (χ1v) is 6.08. The highest BCUT2D eigenvalue weighted by Gasteiger charge is 2.36. The molecule has 0 aliphatic heterocycles. The Bertz CT molecular complexity index is 396. The third-order valence-corrected chi connectivity index (χ3v) is 3.29. The van der Waals surface area contributed by atoms with E-state index in [1.165, 1.54) is 0 Å². The fourth-order valence-electron chi connectivity index (χ4n) is 2.01. The second-order valence-electron chi connectivity index (χ2n) is 5.11. The molecule has 0 aromatic carbocycles. The molecular weight excluding hydrogens is 216 g/mol. The van der Waals surface area contributed by atoms with Gasteiger partial charge in [-0.2, -0.15) is 0 Å². The van der Waals surface area contributed by atoms with Crippen LogP contribution in [0.25, 0.3) is 0 Å². The van der Waals surface area contributed by atoms with Gasteiger partial charge in [0.2, 0.25) is 0 Å². The van der Waals surface area contributed by atoms with E-state index in [0.29, 0.717) is 5.82 Å². The molecule has 1 aliphatic carbocycles. The number of nitrogens with two attached hydrogens (primary N) is 1. The molecule has 0 amide bonds. The number of nitrogens with zero attached hydrogens (tertiary/aromatic N) is 2. The van der Waals surface area contributed by atoms with E-state index in [2.05, 4.69) is 15.3 Å². The van der Waals surface area contributed by atoms with Gasteiger partial charge in [-0.15, -0.1) is 0 Å². The number of hydrogen-bond donors (Lipinski definition) is 3. The lowest BCUT2D eigenvalue weighted by atomic mass is 9.77. The van der Waals surface area contributed by atoms with E-state index in [9.17, 15) is 5.11 Å². The van der Waals surface area contributed by atoms with Crippen LogP contribution in [0.15, 0.2) is 6.07 Å². The van der Waals surface area contributed by atoms with Crippen LogP contribution in [0.4, 0.5) is 11.6 Å². The van der Waals surface area contributed by atoms with Crippen LogP contribution < -0.4 is 11.1 Å². The molecule has 0 spiro atoms. The number of nitrogen functional groups attached to an aromatic ring is 1. The van der Waals surface area contributed by atoms with Crippen molar-refractivity contribution in [1.82, 2.24) is 9.97 Å². The Morgan fingerprint density at radius 1 is 1.47 bits per heavy atom. The second kappa shape index (κ2) is 4.49. The van der Waals surface area contributed by atoms with Gasteiger partial charge in [-0.3, -0.25) is 0 Å². The highest BCUT2D eigenvalue weighted by molar-refractivity contribution is 5.47. The summed E-state index contributed by atoms with van der Waals surface area (Å²) in [6, 6.07) is 1.72. The average Bonchev–Trinajstić information content (AvgIpc) is 2.22. The Morgan fingerprint density at radius 3 is 2.65 bits per heavy atom. The molecule has 0 radical (unpaired) electrons. The molecule has 4 N–H and O–H groups in total. The number of nitrogens with one attached hydrogen (secondary N) is 1. The van der Waals surface area contributed by atoms with E-state index in [-0.39, 0.29) is 18.1 Å². The van der Waals surface area contributed by atoms with Crippen molar-refractivity contribution in [2.75, 3.05) is 17.7 Å². The van der Waals surface area contributed by atoms with Crippen LogP contribution in [0.3, 0.4) is 0 Å². The summed E-state index contributed by atoms with van der Waals surface area (Å²) in [6.07, 6.45) is 3.10. The Hall–Kier alpha value is -1.36. The maximum Gasteiger partial charge on any atom is 0.135 e. The highest BCUT2D eigenvalue weighted by atomic mass is 16.3. The first-order chi connectivity index (χ1) is 8.04. The van der Waals surface area contributed by atoms with Crippen molar-refractivity contribution in [1.29, 1.82) is 0 Å². The van der Waals surface area contributed by atoms with Gasteiger partial charge in [-0.25, -0.2) is 9.97 Å². The minimum atomic E-state index is -0.199. The van der Waals surface area contributed by atoms with Crippen molar-refractivity contribution >= 4 is 11.6 Å². The lowest BCUT2D eigenvalue weighted by Crippen LogP contribution is -2.48. The molecule has 2 rings (SSSR count). The van der Waals surface area contributed by atoms with Crippen molar-refractivity contribution in [3.05, 3.63) is 11.9 Å². The van der Waals surface area contributed by atoms with Gasteiger partial charge in [0.25, 0.3) is 0 Å². The Kier molecular flexibility index (Phi) is 3.19. The van der Waals surface area contributed by atoms with Crippen LogP contribution in [-0.4, -0.2) is 27.2 Å². The van der Waals surface area contributed by atoms with E-state index >= 15 is 0 Å². The molecule has 17 heavy (non-hydrogen) atoms. The maximum atomic E-state index is 9.41. The molecule has 1 aliphatic rings. The molecular formula is C12H20N4O. The van der Waals surface area contributed by atoms with Gasteiger partial charge in [-0.1, -0.05) is 13.8 Å². The van der Waals surface area contributed by atoms with E-state index in [1.807, 2.05) is 13.8 Å². The predicted molar refractivity (Wildman–Crippen MR) is 67.8 cm³/mol. The van der Waals surface area contributed by atoms with Crippen LogP contribution in [-0.2, 0) is 0 Å². The van der Waals surface area contributed by atoms with E-state index < -0.39 is 0 Å². The molecule has 0 atom stereocenters. The summed E-state index contributed by atoms with van der Waals surface area (Å²) >= 11 is 0. The summed E-state index contributed by atoms with van der Waals surface area (Å²) in [5.41, 5.74) is 5.56. The molecule has 5 nitrogen and oxygen atoms in total. The van der Waals surface area contributed by atoms with E-state index in [0.717, 1.165) is 30.9 Å². The monoisotopic (exact) mass is 236 g/mol. The number of aliphatic hydroxyl groups excluding tert-OH is 1. The fourth-order valence-corrected chi connectivity index (χ4v) is 2.01. The predicted octanol–water partition coefficient (Wildman–Crippen LogP) is 1.51. The molecule has 1 aromatic heterocycles.